The van der Waals surface area contributed by atoms with Crippen molar-refractivity contribution >= 4 is 29.0 Å². The number of ether oxygens (including phenoxy) is 1. The highest BCUT2D eigenvalue weighted by atomic mass is 35.5. The van der Waals surface area contributed by atoms with Crippen molar-refractivity contribution in [1.29, 1.82) is 0 Å². The van der Waals surface area contributed by atoms with E-state index in [-0.39, 0.29) is 0 Å². The highest BCUT2D eigenvalue weighted by Crippen LogP contribution is 2.39. The molecule has 0 saturated heterocycles. The van der Waals surface area contributed by atoms with Crippen molar-refractivity contribution in [1.82, 2.24) is 24.1 Å². The number of rotatable bonds is 7. The molecule has 0 bridgehead atoms. The minimum atomic E-state index is 0.349. The highest BCUT2D eigenvalue weighted by molar-refractivity contribution is 7.98. The summed E-state index contributed by atoms with van der Waals surface area (Å²) in [6.45, 7) is 2.43. The van der Waals surface area contributed by atoms with Crippen LogP contribution in [0.2, 0.25) is 5.02 Å². The van der Waals surface area contributed by atoms with Gasteiger partial charge in [0, 0.05) is 24.2 Å². The summed E-state index contributed by atoms with van der Waals surface area (Å²) in [5.74, 6) is 2.24. The van der Waals surface area contributed by atoms with Gasteiger partial charge in [-0.3, -0.25) is 4.57 Å². The first kappa shape index (κ1) is 18.5. The largest absolute Gasteiger partial charge is 0.484 e. The number of pyridine rings is 1. The fraction of sp³-hybridized carbons (Fsp3) is 0.286. The van der Waals surface area contributed by atoms with E-state index < -0.39 is 0 Å². The van der Waals surface area contributed by atoms with E-state index in [0.29, 0.717) is 23.4 Å². The number of aromatic nitrogens is 5. The smallest absolute Gasteiger partial charge is 0.191 e. The van der Waals surface area contributed by atoms with Gasteiger partial charge in [0.05, 0.1) is 10.7 Å². The van der Waals surface area contributed by atoms with Crippen molar-refractivity contribution < 1.29 is 4.74 Å². The number of halogens is 1. The van der Waals surface area contributed by atoms with Crippen LogP contribution in [0.15, 0.2) is 53.9 Å². The van der Waals surface area contributed by atoms with Gasteiger partial charge in [-0.2, -0.15) is 0 Å². The number of imidazole rings is 1. The third-order valence-corrected chi connectivity index (χ3v) is 6.21. The average Bonchev–Trinajstić information content (AvgIpc) is 3.33. The molecule has 3 heterocycles. The lowest BCUT2D eigenvalue weighted by Crippen LogP contribution is -2.07. The van der Waals surface area contributed by atoms with E-state index in [1.807, 2.05) is 36.5 Å². The van der Waals surface area contributed by atoms with E-state index in [9.17, 15) is 0 Å². The molecule has 0 N–H and O–H groups in total. The van der Waals surface area contributed by atoms with Crippen LogP contribution in [0.4, 0.5) is 0 Å². The minimum absolute atomic E-state index is 0.349. The van der Waals surface area contributed by atoms with Crippen LogP contribution in [-0.2, 0) is 12.4 Å². The Bertz CT molecular complexity index is 1170. The maximum Gasteiger partial charge on any atom is 0.191 e. The second-order valence-corrected chi connectivity index (χ2v) is 8.51. The standard InChI is InChI=1S/C21H20ClN5OS/c1-14-5-4-10-26-11-15(23-20(14)26)13-29-21-25-24-19(27(21)16-8-9-16)12-28-18-7-3-2-6-17(18)22/h2-7,10-11,16H,8-9,12-13H2,1H3. The molecule has 1 aliphatic carbocycles. The lowest BCUT2D eigenvalue weighted by molar-refractivity contribution is 0.288. The SMILES string of the molecule is Cc1cccn2cc(CSc3nnc(COc4ccccc4Cl)n3C3CC3)nc12. The number of aryl methyl sites for hydroxylation is 1. The zero-order chi connectivity index (χ0) is 19.8. The van der Waals surface area contributed by atoms with Crippen molar-refractivity contribution in [3.63, 3.8) is 0 Å². The molecule has 1 saturated carbocycles. The number of para-hydroxylation sites is 1. The zero-order valence-corrected chi connectivity index (χ0v) is 17.5. The molecular weight excluding hydrogens is 406 g/mol. The fourth-order valence-electron chi connectivity index (χ4n) is 3.32. The normalized spacial score (nSPS) is 13.9. The Morgan fingerprint density at radius 3 is 2.83 bits per heavy atom. The van der Waals surface area contributed by atoms with Crippen molar-refractivity contribution in [3.8, 4) is 5.75 Å². The van der Waals surface area contributed by atoms with Crippen LogP contribution >= 0.6 is 23.4 Å². The van der Waals surface area contributed by atoms with Gasteiger partial charge in [-0.15, -0.1) is 10.2 Å². The van der Waals surface area contributed by atoms with Gasteiger partial charge in [-0.1, -0.05) is 41.6 Å². The lowest BCUT2D eigenvalue weighted by atomic mass is 10.3. The number of fused-ring (bicyclic) bond motifs is 1. The number of nitrogens with zero attached hydrogens (tertiary/aromatic N) is 5. The van der Waals surface area contributed by atoms with Crippen LogP contribution in [0.1, 0.15) is 36.0 Å². The van der Waals surface area contributed by atoms with E-state index in [1.54, 1.807) is 11.8 Å². The molecule has 5 rings (SSSR count). The zero-order valence-electron chi connectivity index (χ0n) is 16.0. The molecule has 1 fully saturated rings. The molecular formula is C21H20ClN5OS. The van der Waals surface area contributed by atoms with E-state index in [0.717, 1.165) is 40.9 Å². The summed E-state index contributed by atoms with van der Waals surface area (Å²) in [6, 6.07) is 12.1. The van der Waals surface area contributed by atoms with E-state index in [4.69, 9.17) is 21.3 Å². The maximum atomic E-state index is 6.19. The van der Waals surface area contributed by atoms with Gasteiger partial charge in [-0.05, 0) is 43.5 Å². The predicted octanol–water partition coefficient (Wildman–Crippen LogP) is 5.09. The quantitative estimate of drug-likeness (QED) is 0.386. The third kappa shape index (κ3) is 3.84. The number of thioether (sulfide) groups is 1. The summed E-state index contributed by atoms with van der Waals surface area (Å²) in [4.78, 5) is 4.76. The van der Waals surface area contributed by atoms with Gasteiger partial charge in [-0.25, -0.2) is 4.98 Å². The van der Waals surface area contributed by atoms with Crippen LogP contribution in [0, 0.1) is 6.92 Å². The van der Waals surface area contributed by atoms with Gasteiger partial charge < -0.3 is 9.14 Å². The second-order valence-electron chi connectivity index (χ2n) is 7.16. The van der Waals surface area contributed by atoms with E-state index >= 15 is 0 Å². The molecule has 29 heavy (non-hydrogen) atoms. The Hall–Kier alpha value is -2.51. The second kappa shape index (κ2) is 7.72. The third-order valence-electron chi connectivity index (χ3n) is 4.92. The monoisotopic (exact) mass is 425 g/mol. The molecule has 0 radical (unpaired) electrons. The van der Waals surface area contributed by atoms with Gasteiger partial charge in [0.2, 0.25) is 0 Å². The first-order chi connectivity index (χ1) is 14.2. The van der Waals surface area contributed by atoms with Gasteiger partial charge >= 0.3 is 0 Å². The van der Waals surface area contributed by atoms with Gasteiger partial charge in [0.15, 0.2) is 11.0 Å². The summed E-state index contributed by atoms with van der Waals surface area (Å²) in [5.41, 5.74) is 3.20. The summed E-state index contributed by atoms with van der Waals surface area (Å²) < 4.78 is 10.2. The van der Waals surface area contributed by atoms with Crippen LogP contribution in [0.25, 0.3) is 5.65 Å². The van der Waals surface area contributed by atoms with Gasteiger partial charge in [0.1, 0.15) is 18.0 Å². The molecule has 148 valence electrons. The summed E-state index contributed by atoms with van der Waals surface area (Å²) in [5, 5.41) is 10.3. The Morgan fingerprint density at radius 1 is 1.17 bits per heavy atom. The molecule has 0 spiro atoms. The summed E-state index contributed by atoms with van der Waals surface area (Å²) in [6.07, 6.45) is 6.41. The van der Waals surface area contributed by atoms with Gasteiger partial charge in [0.25, 0.3) is 0 Å². The summed E-state index contributed by atoms with van der Waals surface area (Å²) in [7, 11) is 0. The van der Waals surface area contributed by atoms with Crippen LogP contribution in [0.3, 0.4) is 0 Å². The summed E-state index contributed by atoms with van der Waals surface area (Å²) >= 11 is 7.86. The van der Waals surface area contributed by atoms with Crippen molar-refractivity contribution in [2.24, 2.45) is 0 Å². The first-order valence-corrected chi connectivity index (χ1v) is 10.9. The predicted molar refractivity (Wildman–Crippen MR) is 114 cm³/mol. The minimum Gasteiger partial charge on any atom is -0.484 e. The first-order valence-electron chi connectivity index (χ1n) is 9.56. The van der Waals surface area contributed by atoms with Crippen molar-refractivity contribution in [3.05, 3.63) is 70.9 Å². The number of hydrogen-bond donors (Lipinski definition) is 0. The highest BCUT2D eigenvalue weighted by Gasteiger charge is 2.30. The van der Waals surface area contributed by atoms with E-state index in [2.05, 4.69) is 38.4 Å². The molecule has 0 aliphatic heterocycles. The molecule has 6 nitrogen and oxygen atoms in total. The molecule has 0 unspecified atom stereocenters. The Labute approximate surface area is 177 Å². The maximum absolute atomic E-state index is 6.19. The Balaban J connectivity index is 1.32. The lowest BCUT2D eigenvalue weighted by Gasteiger charge is -2.10. The van der Waals surface area contributed by atoms with Crippen molar-refractivity contribution in [2.75, 3.05) is 0 Å². The molecule has 4 aromatic rings. The molecule has 3 aromatic heterocycles. The molecule has 0 atom stereocenters. The average molecular weight is 426 g/mol. The van der Waals surface area contributed by atoms with Crippen molar-refractivity contribution in [2.45, 2.75) is 43.3 Å². The number of benzene rings is 1. The molecule has 1 aromatic carbocycles. The molecule has 8 heteroatoms. The van der Waals surface area contributed by atoms with Crippen LogP contribution in [-0.4, -0.2) is 24.1 Å². The molecule has 0 amide bonds. The Morgan fingerprint density at radius 2 is 2.03 bits per heavy atom. The Kier molecular flexibility index (Phi) is 4.93. The van der Waals surface area contributed by atoms with Crippen LogP contribution in [0.5, 0.6) is 5.75 Å². The molecule has 1 aliphatic rings. The number of hydrogen-bond acceptors (Lipinski definition) is 5. The van der Waals surface area contributed by atoms with E-state index in [1.165, 1.54) is 5.56 Å². The van der Waals surface area contributed by atoms with Crippen LogP contribution < -0.4 is 4.74 Å². The topological polar surface area (TPSA) is 57.2 Å². The fourth-order valence-corrected chi connectivity index (χ4v) is 4.42.